The van der Waals surface area contributed by atoms with E-state index in [1.165, 1.54) is 13.2 Å². The summed E-state index contributed by atoms with van der Waals surface area (Å²) < 4.78 is 4.66. The first-order valence-electron chi connectivity index (χ1n) is 5.72. The predicted octanol–water partition coefficient (Wildman–Crippen LogP) is 2.74. The molecule has 2 aromatic rings. The van der Waals surface area contributed by atoms with Crippen molar-refractivity contribution >= 4 is 18.1 Å². The van der Waals surface area contributed by atoms with E-state index in [0.29, 0.717) is 5.56 Å². The Kier molecular flexibility index (Phi) is 3.93. The number of carbonyl (C=O) groups excluding carboxylic acids is 1. The molecule has 19 heavy (non-hydrogen) atoms. The molecule has 0 aliphatic carbocycles. The van der Waals surface area contributed by atoms with E-state index in [2.05, 4.69) is 9.72 Å². The number of ether oxygens (including phenoxy) is 1. The summed E-state index contributed by atoms with van der Waals surface area (Å²) in [5.41, 5.74) is 1.50. The molecule has 1 aromatic heterocycles. The van der Waals surface area contributed by atoms with Gasteiger partial charge in [0.2, 0.25) is 0 Å². The molecule has 0 amide bonds. The minimum absolute atomic E-state index is 0.102. The molecule has 0 fully saturated rings. The standard InChI is InChI=1S/C15H13NO3/c1-19-15(18)14-11(5-4-7-13(14)17)8-9-12-6-2-3-10-16-12/h2-10,17H,1H3. The summed E-state index contributed by atoms with van der Waals surface area (Å²) in [5.74, 6) is -0.672. The number of phenols is 1. The van der Waals surface area contributed by atoms with Gasteiger partial charge in [0.15, 0.2) is 0 Å². The highest BCUT2D eigenvalue weighted by molar-refractivity contribution is 5.97. The highest BCUT2D eigenvalue weighted by atomic mass is 16.5. The minimum Gasteiger partial charge on any atom is -0.507 e. The quantitative estimate of drug-likeness (QED) is 0.857. The van der Waals surface area contributed by atoms with Crippen LogP contribution in [0.1, 0.15) is 21.6 Å². The van der Waals surface area contributed by atoms with Crippen LogP contribution in [-0.4, -0.2) is 23.2 Å². The summed E-state index contributed by atoms with van der Waals surface area (Å²) in [4.78, 5) is 15.8. The average molecular weight is 255 g/mol. The van der Waals surface area contributed by atoms with Crippen LogP contribution >= 0.6 is 0 Å². The molecule has 0 atom stereocenters. The number of rotatable bonds is 3. The monoisotopic (exact) mass is 255 g/mol. The van der Waals surface area contributed by atoms with E-state index in [0.717, 1.165) is 5.69 Å². The lowest BCUT2D eigenvalue weighted by Crippen LogP contribution is -2.03. The van der Waals surface area contributed by atoms with Gasteiger partial charge in [0, 0.05) is 6.20 Å². The van der Waals surface area contributed by atoms with Gasteiger partial charge in [-0.25, -0.2) is 4.79 Å². The summed E-state index contributed by atoms with van der Waals surface area (Å²) in [7, 11) is 1.28. The molecule has 1 aromatic carbocycles. The number of pyridine rings is 1. The Morgan fingerprint density at radius 3 is 2.74 bits per heavy atom. The molecule has 1 N–H and O–H groups in total. The Bertz CT molecular complexity index is 606. The number of phenolic OH excluding ortho intramolecular Hbond substituents is 1. The molecular weight excluding hydrogens is 242 g/mol. The van der Waals surface area contributed by atoms with E-state index < -0.39 is 5.97 Å². The zero-order chi connectivity index (χ0) is 13.7. The van der Waals surface area contributed by atoms with Crippen LogP contribution in [0.4, 0.5) is 0 Å². The van der Waals surface area contributed by atoms with Crippen molar-refractivity contribution in [2.24, 2.45) is 0 Å². The number of hydrogen-bond acceptors (Lipinski definition) is 4. The van der Waals surface area contributed by atoms with E-state index in [4.69, 9.17) is 0 Å². The van der Waals surface area contributed by atoms with Crippen LogP contribution in [0.25, 0.3) is 12.2 Å². The van der Waals surface area contributed by atoms with Crippen molar-refractivity contribution < 1.29 is 14.6 Å². The number of methoxy groups -OCH3 is 1. The maximum Gasteiger partial charge on any atom is 0.342 e. The molecule has 0 aliphatic rings. The van der Waals surface area contributed by atoms with Crippen molar-refractivity contribution in [3.63, 3.8) is 0 Å². The van der Waals surface area contributed by atoms with E-state index in [1.54, 1.807) is 30.5 Å². The molecule has 0 unspecified atom stereocenters. The first kappa shape index (κ1) is 12.8. The topological polar surface area (TPSA) is 59.4 Å². The second kappa shape index (κ2) is 5.82. The maximum absolute atomic E-state index is 11.6. The van der Waals surface area contributed by atoms with Gasteiger partial charge in [0.05, 0.1) is 12.8 Å². The third-order valence-corrected chi connectivity index (χ3v) is 2.59. The second-order valence-electron chi connectivity index (χ2n) is 3.82. The zero-order valence-corrected chi connectivity index (χ0v) is 10.4. The van der Waals surface area contributed by atoms with Crippen molar-refractivity contribution in [1.82, 2.24) is 4.98 Å². The molecule has 0 spiro atoms. The summed E-state index contributed by atoms with van der Waals surface area (Å²) in [5, 5.41) is 9.74. The van der Waals surface area contributed by atoms with Gasteiger partial charge in [0.25, 0.3) is 0 Å². The van der Waals surface area contributed by atoms with Gasteiger partial charge in [0.1, 0.15) is 11.3 Å². The number of aromatic nitrogens is 1. The van der Waals surface area contributed by atoms with Gasteiger partial charge in [-0.2, -0.15) is 0 Å². The second-order valence-corrected chi connectivity index (χ2v) is 3.82. The molecule has 0 saturated carbocycles. The van der Waals surface area contributed by atoms with E-state index in [1.807, 2.05) is 18.2 Å². The normalized spacial score (nSPS) is 10.6. The molecule has 1 heterocycles. The van der Waals surface area contributed by atoms with Crippen molar-refractivity contribution in [2.45, 2.75) is 0 Å². The number of esters is 1. The SMILES string of the molecule is COC(=O)c1c(O)cccc1C=Cc1ccccn1. The molecule has 0 bridgehead atoms. The predicted molar refractivity (Wildman–Crippen MR) is 72.6 cm³/mol. The molecule has 0 radical (unpaired) electrons. The van der Waals surface area contributed by atoms with Gasteiger partial charge in [-0.1, -0.05) is 24.3 Å². The first-order valence-corrected chi connectivity index (χ1v) is 5.72. The molecule has 96 valence electrons. The summed E-state index contributed by atoms with van der Waals surface area (Å²) in [6, 6.07) is 10.4. The largest absolute Gasteiger partial charge is 0.507 e. The van der Waals surface area contributed by atoms with Gasteiger partial charge in [-0.05, 0) is 29.8 Å². The molecule has 4 heteroatoms. The van der Waals surface area contributed by atoms with Crippen molar-refractivity contribution in [2.75, 3.05) is 7.11 Å². The lowest BCUT2D eigenvalue weighted by Gasteiger charge is -2.06. The number of aromatic hydroxyl groups is 1. The summed E-state index contributed by atoms with van der Waals surface area (Å²) in [6.07, 6.45) is 5.17. The molecule has 2 rings (SSSR count). The van der Waals surface area contributed by atoms with Crippen molar-refractivity contribution in [1.29, 1.82) is 0 Å². The Hall–Kier alpha value is -2.62. The number of hydrogen-bond donors (Lipinski definition) is 1. The third kappa shape index (κ3) is 2.98. The number of carbonyl (C=O) groups is 1. The van der Waals surface area contributed by atoms with Crippen molar-refractivity contribution in [3.05, 3.63) is 59.4 Å². The highest BCUT2D eigenvalue weighted by Crippen LogP contribution is 2.23. The van der Waals surface area contributed by atoms with E-state index in [9.17, 15) is 9.90 Å². The zero-order valence-electron chi connectivity index (χ0n) is 10.4. The van der Waals surface area contributed by atoms with Crippen LogP contribution in [0.3, 0.4) is 0 Å². The molecule has 0 saturated heterocycles. The van der Waals surface area contributed by atoms with Crippen LogP contribution in [0.15, 0.2) is 42.6 Å². The Morgan fingerprint density at radius 2 is 2.05 bits per heavy atom. The molecular formula is C15H13NO3. The van der Waals surface area contributed by atoms with Crippen LogP contribution in [-0.2, 0) is 4.74 Å². The Labute approximate surface area is 111 Å². The maximum atomic E-state index is 11.6. The van der Waals surface area contributed by atoms with Gasteiger partial charge < -0.3 is 9.84 Å². The average Bonchev–Trinajstić information content (AvgIpc) is 2.45. The van der Waals surface area contributed by atoms with Crippen LogP contribution < -0.4 is 0 Å². The minimum atomic E-state index is -0.571. The van der Waals surface area contributed by atoms with Gasteiger partial charge in [-0.3, -0.25) is 4.98 Å². The van der Waals surface area contributed by atoms with Crippen LogP contribution in [0.2, 0.25) is 0 Å². The molecule has 4 nitrogen and oxygen atoms in total. The fourth-order valence-electron chi connectivity index (χ4n) is 1.67. The first-order chi connectivity index (χ1) is 9.22. The third-order valence-electron chi connectivity index (χ3n) is 2.59. The Morgan fingerprint density at radius 1 is 1.21 bits per heavy atom. The number of nitrogens with zero attached hydrogens (tertiary/aromatic N) is 1. The Balaban J connectivity index is 2.38. The van der Waals surface area contributed by atoms with Crippen LogP contribution in [0.5, 0.6) is 5.75 Å². The summed E-state index contributed by atoms with van der Waals surface area (Å²) >= 11 is 0. The van der Waals surface area contributed by atoms with E-state index in [-0.39, 0.29) is 11.3 Å². The lowest BCUT2D eigenvalue weighted by molar-refractivity contribution is 0.0597. The number of benzene rings is 1. The van der Waals surface area contributed by atoms with Crippen molar-refractivity contribution in [3.8, 4) is 5.75 Å². The summed E-state index contributed by atoms with van der Waals surface area (Å²) in [6.45, 7) is 0. The fraction of sp³-hybridized carbons (Fsp3) is 0.0667. The van der Waals surface area contributed by atoms with Crippen LogP contribution in [0, 0.1) is 0 Å². The lowest BCUT2D eigenvalue weighted by atomic mass is 10.1. The molecule has 0 aliphatic heterocycles. The van der Waals surface area contributed by atoms with Gasteiger partial charge >= 0.3 is 5.97 Å². The smallest absolute Gasteiger partial charge is 0.342 e. The fourth-order valence-corrected chi connectivity index (χ4v) is 1.67. The highest BCUT2D eigenvalue weighted by Gasteiger charge is 2.14. The van der Waals surface area contributed by atoms with E-state index >= 15 is 0 Å². The van der Waals surface area contributed by atoms with Gasteiger partial charge in [-0.15, -0.1) is 0 Å².